The lowest BCUT2D eigenvalue weighted by Crippen LogP contribution is -2.44. The summed E-state index contributed by atoms with van der Waals surface area (Å²) in [7, 11) is -3.48. The molecule has 0 atom stereocenters. The molecule has 132 heavy (non-hydrogen) atoms. The number of rotatable bonds is 4. The molecule has 1 aliphatic rings. The zero-order valence-corrected chi connectivity index (χ0v) is 68.7. The molecule has 570 valence electrons. The fourth-order valence-corrected chi connectivity index (χ4v) is 7.42. The Morgan fingerprint density at radius 2 is 0.500 bits per heavy atom. The number of hydrogen-bond acceptors (Lipinski definition) is 5. The van der Waals surface area contributed by atoms with Gasteiger partial charge in [0.1, 0.15) is 5.54 Å². The summed E-state index contributed by atoms with van der Waals surface area (Å²) in [5.41, 5.74) is -2.34. The quantitative estimate of drug-likeness (QED) is 0.268. The number of hydrogen-bond donors (Lipinski definition) is 1. The number of amides is 1. The highest BCUT2D eigenvalue weighted by Gasteiger charge is 2.50. The summed E-state index contributed by atoms with van der Waals surface area (Å²) in [6.45, 7) is 10.1. The second-order valence-electron chi connectivity index (χ2n) is 19.8. The number of benzene rings is 2. The van der Waals surface area contributed by atoms with E-state index in [0.717, 1.165) is 23.3 Å². The average Bonchev–Trinajstić information content (AvgIpc) is 1.58. The molecule has 1 aliphatic heterocycles. The van der Waals surface area contributed by atoms with E-state index in [1.54, 1.807) is 32.0 Å². The lowest BCUT2D eigenvalue weighted by Gasteiger charge is -2.29. The fraction of sp³-hybridized carbons (Fsp3) is 0.0420. The van der Waals surface area contributed by atoms with Crippen molar-refractivity contribution in [1.82, 2.24) is 0 Å². The number of sulfonamides is 1. The normalized spacial score (nSPS) is 6.93. The van der Waals surface area contributed by atoms with Gasteiger partial charge in [-0.1, -0.05) is 6.07 Å². The van der Waals surface area contributed by atoms with Gasteiger partial charge < -0.3 is 4.90 Å². The van der Waals surface area contributed by atoms with E-state index in [0.29, 0.717) is 11.4 Å². The van der Waals surface area contributed by atoms with E-state index in [9.17, 15) is 26.4 Å². The van der Waals surface area contributed by atoms with Crippen LogP contribution in [0.1, 0.15) is 19.4 Å². The van der Waals surface area contributed by atoms with E-state index in [-0.39, 0.29) is 10.8 Å². The highest BCUT2D eigenvalue weighted by Crippen LogP contribution is 2.42. The van der Waals surface area contributed by atoms with Gasteiger partial charge in [0, 0.05) is 544 Å². The SMILES string of the molecule is C#CC#CC#CC#CC#CC#CC#CC#CC#CC#CC#CC#CC#CC#CC#CC#CC#CC#CC#CC#CC#CC#CC#CC#CC#CC#CC#CC#CC#CC#CC#CC#CC#CC#CC#CC#CC#CC#CC#CC#CC#CC#CC#CC#CC#CC#CC#CC#CC#CC#N.[C-]#[N+]c1ccc(N2C(=O)C(C)(C)N(c3ccc(NS(C)(=O)=O)cc3)C2=S)cc1C(F)(F)F. The predicted molar refractivity (Wildman–Crippen MR) is 507 cm³/mol. The third-order valence-electron chi connectivity index (χ3n) is 10.8. The first-order valence-electron chi connectivity index (χ1n) is 33.8. The molecule has 13 heteroatoms. The van der Waals surface area contributed by atoms with Gasteiger partial charge in [-0.25, -0.2) is 13.3 Å². The van der Waals surface area contributed by atoms with Crippen molar-refractivity contribution < 1.29 is 26.4 Å². The second-order valence-corrected chi connectivity index (χ2v) is 21.9. The van der Waals surface area contributed by atoms with Gasteiger partial charge in [-0.2, -0.15) is 18.4 Å². The topological polar surface area (TPSA) is 97.9 Å². The van der Waals surface area contributed by atoms with Crippen LogP contribution in [0.5, 0.6) is 0 Å². The number of anilines is 3. The van der Waals surface area contributed by atoms with Crippen LogP contribution in [-0.4, -0.2) is 31.2 Å². The van der Waals surface area contributed by atoms with Crippen LogP contribution in [0.3, 0.4) is 0 Å². The third-order valence-corrected chi connectivity index (χ3v) is 11.8. The maximum absolute atomic E-state index is 13.4. The first-order valence-corrected chi connectivity index (χ1v) is 36.1. The summed E-state index contributed by atoms with van der Waals surface area (Å²) >= 11 is 5.45. The first kappa shape index (κ1) is 103. The van der Waals surface area contributed by atoms with Crippen LogP contribution < -0.4 is 14.5 Å². The Morgan fingerprint density at radius 1 is 0.326 bits per heavy atom. The Morgan fingerprint density at radius 3 is 0.659 bits per heavy atom. The van der Waals surface area contributed by atoms with E-state index in [4.69, 9.17) is 30.5 Å². The molecule has 0 radical (unpaired) electrons. The minimum absolute atomic E-state index is 0.0486. The van der Waals surface area contributed by atoms with E-state index in [1.807, 2.05) is 0 Å². The summed E-state index contributed by atoms with van der Waals surface area (Å²) in [4.78, 5) is 18.5. The summed E-state index contributed by atoms with van der Waals surface area (Å²) < 4.78 is 65.3. The van der Waals surface area contributed by atoms with Gasteiger partial charge in [-0.05, 0) is 110 Å². The van der Waals surface area contributed by atoms with Crippen LogP contribution in [0.4, 0.5) is 35.9 Å². The average molecular weight is 1690 g/mol. The van der Waals surface area contributed by atoms with Crippen molar-refractivity contribution in [3.8, 4) is 587 Å². The molecule has 2 aromatic rings. The van der Waals surface area contributed by atoms with Gasteiger partial charge in [0.05, 0.1) is 18.4 Å². The zero-order chi connectivity index (χ0) is 95.4. The predicted octanol–water partition coefficient (Wildman–Crippen LogP) is 4.85. The molecule has 1 heterocycles. The number of carbonyl (C=O) groups excluding carboxylic acids is 1. The smallest absolute Gasteiger partial charge is 0.304 e. The van der Waals surface area contributed by atoms with Gasteiger partial charge in [0.2, 0.25) is 10.0 Å². The van der Waals surface area contributed by atoms with Crippen molar-refractivity contribution in [2.75, 3.05) is 20.8 Å². The van der Waals surface area contributed by atoms with Crippen molar-refractivity contribution in [2.24, 2.45) is 0 Å². The first-order chi connectivity index (χ1) is 64.6. The molecular formula is C119H18F3N5O3S2. The third kappa shape index (κ3) is 57.7. The number of thiocarbonyl (C=S) groups is 1. The van der Waals surface area contributed by atoms with Gasteiger partial charge in [-0.3, -0.25) is 14.4 Å². The van der Waals surface area contributed by atoms with Crippen LogP contribution in [0.25, 0.3) is 4.85 Å². The maximum Gasteiger partial charge on any atom is 0.407 e. The largest absolute Gasteiger partial charge is 0.407 e. The molecule has 0 aromatic heterocycles. The van der Waals surface area contributed by atoms with Gasteiger partial charge in [0.15, 0.2) is 16.9 Å². The number of nitrogens with one attached hydrogen (secondary N) is 1. The van der Waals surface area contributed by atoms with Crippen molar-refractivity contribution in [1.29, 1.82) is 5.26 Å². The number of nitriles is 1. The van der Waals surface area contributed by atoms with Crippen molar-refractivity contribution in [2.45, 2.75) is 25.6 Å². The second kappa shape index (κ2) is 72.2. The zero-order valence-electron chi connectivity index (χ0n) is 67.1. The van der Waals surface area contributed by atoms with Gasteiger partial charge in [-0.15, -0.1) is 6.42 Å². The Kier molecular flexibility index (Phi) is 56.3. The van der Waals surface area contributed by atoms with Crippen LogP contribution in [0.15, 0.2) is 42.5 Å². The minimum atomic E-state index is -4.78. The highest BCUT2D eigenvalue weighted by molar-refractivity contribution is 7.92. The number of nitrogens with zero attached hydrogens (tertiary/aromatic N) is 4. The molecule has 0 unspecified atom stereocenters. The van der Waals surface area contributed by atoms with Crippen molar-refractivity contribution in [3.63, 3.8) is 0 Å². The molecule has 1 amide bonds. The molecule has 1 fully saturated rings. The Bertz CT molecular complexity index is 8690. The number of alkyl halides is 3. The van der Waals surface area contributed by atoms with Crippen molar-refractivity contribution >= 4 is 56.0 Å². The van der Waals surface area contributed by atoms with Crippen LogP contribution in [-0.2, 0) is 21.0 Å². The van der Waals surface area contributed by atoms with E-state index in [2.05, 4.69) is 584 Å². The Labute approximate surface area is 774 Å². The lowest BCUT2D eigenvalue weighted by atomic mass is 10.0. The maximum atomic E-state index is 13.4. The molecule has 2 aromatic carbocycles. The van der Waals surface area contributed by atoms with E-state index >= 15 is 0 Å². The van der Waals surface area contributed by atoms with Crippen molar-refractivity contribution in [3.05, 3.63) is 59.4 Å². The Balaban J connectivity index is 0.00000152. The van der Waals surface area contributed by atoms with Crippen LogP contribution >= 0.6 is 12.2 Å². The molecule has 0 saturated carbocycles. The molecule has 0 aliphatic carbocycles. The summed E-state index contributed by atoms with van der Waals surface area (Å²) in [5.74, 6) is 240. The molecule has 1 saturated heterocycles. The van der Waals surface area contributed by atoms with E-state index in [1.165, 1.54) is 23.1 Å². The molecule has 0 bridgehead atoms. The van der Waals surface area contributed by atoms with Gasteiger partial charge >= 0.3 is 6.18 Å². The Hall–Kier alpha value is -25.2. The monoisotopic (exact) mass is 1690 g/mol. The standard InChI is InChI=1S/C99HN.C20H17F3N4O3S2/c1-2-3-4-5-6-7-8-9-10-11-12-13-14-15-16-17-18-19-20-21-22-23-24-25-26-27-28-29-30-31-32-33-34-35-36-37-38-39-40-41-42-43-44-45-46-47-48-49-50-51-52-53-54-55-56-57-58-59-60-61-62-63-64-65-66-67-68-69-70-71-72-73-74-75-76-77-78-79-80-81-82-83-84-85-86-87-88-89-90-91-92-93-94-95-96-97-98-99-100;1-19(2)17(28)26(14-9-10-16(24-3)15(11-14)20(21,22)23)18(31)27(19)13-7-5-12(6-8-13)25-32(4,29)30/h1H;5-11,25H,1-2,4H3. The molecule has 0 spiro atoms. The minimum Gasteiger partial charge on any atom is -0.304 e. The highest BCUT2D eigenvalue weighted by atomic mass is 32.2. The summed E-state index contributed by atoms with van der Waals surface area (Å²) in [5, 5.41) is 8.17. The molecule has 1 N–H and O–H groups in total. The van der Waals surface area contributed by atoms with Crippen LogP contribution in [0, 0.1) is 599 Å². The summed E-state index contributed by atoms with van der Waals surface area (Å²) in [6.07, 6.45) is 1.18. The summed E-state index contributed by atoms with van der Waals surface area (Å²) in [6, 6.07) is 10.6. The number of carbonyl (C=O) groups is 1. The number of terminal acetylenes is 1. The molecule has 3 rings (SSSR count). The van der Waals surface area contributed by atoms with Crippen LogP contribution in [0.2, 0.25) is 0 Å². The fourth-order valence-electron chi connectivity index (χ4n) is 6.34. The lowest BCUT2D eigenvalue weighted by molar-refractivity contribution is -0.136. The van der Waals surface area contributed by atoms with Gasteiger partial charge in [0.25, 0.3) is 5.91 Å². The van der Waals surface area contributed by atoms with E-state index < -0.39 is 38.9 Å². The molecule has 8 nitrogen and oxygen atoms in total. The molecular weight excluding hydrogens is 1670 g/mol. The number of halogens is 3.